The maximum absolute atomic E-state index is 10.4. The van der Waals surface area contributed by atoms with E-state index in [2.05, 4.69) is 6.72 Å². The van der Waals surface area contributed by atoms with E-state index in [1.165, 1.54) is 6.92 Å². The molecule has 2 N–H and O–H groups in total. The van der Waals surface area contributed by atoms with Crippen molar-refractivity contribution in [3.63, 3.8) is 0 Å². The molecule has 6 heteroatoms. The van der Waals surface area contributed by atoms with E-state index in [-0.39, 0.29) is 41.7 Å². The van der Waals surface area contributed by atoms with Crippen molar-refractivity contribution in [3.05, 3.63) is 11.0 Å². The molecule has 5 nitrogen and oxygen atoms in total. The second-order valence-corrected chi connectivity index (χ2v) is 1.43. The van der Waals surface area contributed by atoms with Crippen molar-refractivity contribution in [1.82, 2.24) is 0 Å². The molecule has 0 aromatic rings. The van der Waals surface area contributed by atoms with Gasteiger partial charge in [-0.1, -0.05) is 0 Å². The third-order valence-electron chi connectivity index (χ3n) is 0.827. The van der Waals surface area contributed by atoms with Crippen LogP contribution in [0.15, 0.2) is 0 Å². The molecule has 54 valence electrons. The number of hydrogen-bond acceptors (Lipinski definition) is 2. The molecule has 0 bridgehead atoms. The van der Waals surface area contributed by atoms with E-state index < -0.39 is 0 Å². The van der Waals surface area contributed by atoms with Crippen molar-refractivity contribution in [2.24, 2.45) is 0 Å². The average molecular weight is 366 g/mol. The van der Waals surface area contributed by atoms with Crippen LogP contribution in [0.2, 0.25) is 0 Å². The molecule has 0 rings (SSSR count). The van der Waals surface area contributed by atoms with E-state index in [1.54, 1.807) is 0 Å². The quantitative estimate of drug-likeness (QED) is 0.233. The zero-order valence-corrected chi connectivity index (χ0v) is 9.75. The summed E-state index contributed by atoms with van der Waals surface area (Å²) in [5, 5.41) is 16.9. The second kappa shape index (κ2) is 5.45. The Morgan fingerprint density at radius 3 is 2.30 bits per heavy atom. The fourth-order valence-corrected chi connectivity index (χ4v) is 0.212. The molecule has 0 radical (unpaired) electrons. The molecule has 0 aromatic carbocycles. The summed E-state index contributed by atoms with van der Waals surface area (Å²) in [6, 6.07) is 0. The van der Waals surface area contributed by atoms with Crippen LogP contribution in [0.3, 0.4) is 0 Å². The summed E-state index contributed by atoms with van der Waals surface area (Å²) >= 11 is 0. The van der Waals surface area contributed by atoms with Gasteiger partial charge in [-0.15, -0.1) is 4.74 Å². The van der Waals surface area contributed by atoms with Gasteiger partial charge in [-0.05, 0) is 0 Å². The molecular formula is C4H8N4OU. The third kappa shape index (κ3) is 3.64. The topological polar surface area (TPSA) is 76.7 Å². The van der Waals surface area contributed by atoms with E-state index in [1.807, 2.05) is 0 Å². The molecular weight excluding hydrogens is 358 g/mol. The molecule has 0 atom stereocenters. The van der Waals surface area contributed by atoms with Crippen LogP contribution in [-0.2, 0) is 0 Å². The van der Waals surface area contributed by atoms with E-state index in [9.17, 15) is 5.21 Å². The van der Waals surface area contributed by atoms with Crippen LogP contribution in [0.4, 0.5) is 0 Å². The fourth-order valence-electron chi connectivity index (χ4n) is 0.212. The van der Waals surface area contributed by atoms with Gasteiger partial charge in [0.05, 0.1) is 6.92 Å². The number of amidine groups is 1. The van der Waals surface area contributed by atoms with Gasteiger partial charge in [-0.25, -0.2) is 5.41 Å². The Hall–Kier alpha value is -0.338. The van der Waals surface area contributed by atoms with E-state index in [0.29, 0.717) is 11.0 Å². The van der Waals surface area contributed by atoms with Gasteiger partial charge in [-0.2, -0.15) is 4.68 Å². The first-order chi connectivity index (χ1) is 4.09. The number of nitrogens with zero attached hydrogens (tertiary/aromatic N) is 2. The summed E-state index contributed by atoms with van der Waals surface area (Å²) in [6.07, 6.45) is 0.571. The van der Waals surface area contributed by atoms with E-state index in [4.69, 9.17) is 11.3 Å². The smallest absolute Gasteiger partial charge is 0.422 e. The number of hydroxylamine groups is 1. The fraction of sp³-hybridized carbons (Fsp3) is 0.250. The summed E-state index contributed by atoms with van der Waals surface area (Å²) in [6.45, 7) is 4.53. The predicted octanol–water partition coefficient (Wildman–Crippen LogP) is 0.202. The van der Waals surface area contributed by atoms with Crippen molar-refractivity contribution in [2.75, 3.05) is 0 Å². The van der Waals surface area contributed by atoms with Crippen LogP contribution < -0.4 is 0 Å². The summed E-state index contributed by atoms with van der Waals surface area (Å²) in [5.41, 5.74) is 0. The molecule has 0 fully saturated rings. The Labute approximate surface area is 82.7 Å². The minimum Gasteiger partial charge on any atom is -0.613 e. The molecule has 0 aromatic heterocycles. The maximum Gasteiger partial charge on any atom is 0.422 e. The molecule has 0 saturated carbocycles. The molecule has 0 saturated heterocycles. The average Bonchev–Trinajstić information content (AvgIpc) is 1.84. The second-order valence-electron chi connectivity index (χ2n) is 1.43. The molecule has 0 unspecified atom stereocenters. The SMILES string of the molecule is C=[N+]([NH-])/C(C)=[N+](\[O-])C=N.[U]. The summed E-state index contributed by atoms with van der Waals surface area (Å²) < 4.78 is 0.901. The van der Waals surface area contributed by atoms with Crippen molar-refractivity contribution in [3.8, 4) is 0 Å². The first kappa shape index (κ1) is 12.3. The first-order valence-corrected chi connectivity index (χ1v) is 2.22. The minimum atomic E-state index is 0. The number of nitrogens with one attached hydrogen (secondary N) is 2. The van der Waals surface area contributed by atoms with Gasteiger partial charge in [-0.3, -0.25) is 0 Å². The van der Waals surface area contributed by atoms with Crippen LogP contribution in [0, 0.1) is 41.7 Å². The van der Waals surface area contributed by atoms with Crippen LogP contribution in [0.5, 0.6) is 0 Å². The van der Waals surface area contributed by atoms with Gasteiger partial charge in [0.2, 0.25) is 0 Å². The predicted molar refractivity (Wildman–Crippen MR) is 34.8 cm³/mol. The van der Waals surface area contributed by atoms with Gasteiger partial charge >= 0.3 is 5.84 Å². The largest absolute Gasteiger partial charge is 0.613 e. The van der Waals surface area contributed by atoms with Gasteiger partial charge in [0.25, 0.3) is 6.34 Å². The maximum atomic E-state index is 10.4. The van der Waals surface area contributed by atoms with Gasteiger partial charge in [0.1, 0.15) is 6.72 Å². The summed E-state index contributed by atoms with van der Waals surface area (Å²) in [7, 11) is 0. The van der Waals surface area contributed by atoms with Crippen LogP contribution >= 0.6 is 0 Å². The molecule has 0 spiro atoms. The standard InChI is InChI=1S/C4H8N4O.U/c1-4(7(2)6)8(9)3-5;/h3,5-6H,2H2,1H3;/b5-3?,7-6?,8-4-;. The van der Waals surface area contributed by atoms with Gasteiger partial charge < -0.3 is 11.0 Å². The van der Waals surface area contributed by atoms with Crippen molar-refractivity contribution in [1.29, 1.82) is 5.41 Å². The summed E-state index contributed by atoms with van der Waals surface area (Å²) in [5.74, 6) is 6.82. The van der Waals surface area contributed by atoms with Crippen molar-refractivity contribution >= 4 is 18.9 Å². The minimum absolute atomic E-state index is 0. The Morgan fingerprint density at radius 1 is 1.80 bits per heavy atom. The molecule has 0 heterocycles. The molecule has 0 aliphatic carbocycles. The zero-order chi connectivity index (χ0) is 7.44. The Morgan fingerprint density at radius 2 is 2.20 bits per heavy atom. The molecule has 0 aliphatic rings. The Balaban J connectivity index is 0. The Kier molecular flexibility index (Phi) is 6.73. The monoisotopic (exact) mass is 366 g/mol. The number of hydrogen-bond donors (Lipinski definition) is 1. The molecule has 0 aliphatic heterocycles. The van der Waals surface area contributed by atoms with Crippen LogP contribution in [-0.4, -0.2) is 28.3 Å². The number of rotatable bonds is 1. The molecule has 0 amide bonds. The van der Waals surface area contributed by atoms with Crippen LogP contribution in [0.1, 0.15) is 6.92 Å². The third-order valence-corrected chi connectivity index (χ3v) is 0.827. The zero-order valence-electron chi connectivity index (χ0n) is 5.59. The summed E-state index contributed by atoms with van der Waals surface area (Å²) in [4.78, 5) is 0. The van der Waals surface area contributed by atoms with Crippen molar-refractivity contribution < 1.29 is 40.5 Å². The van der Waals surface area contributed by atoms with E-state index >= 15 is 0 Å². The van der Waals surface area contributed by atoms with Crippen molar-refractivity contribution in [2.45, 2.75) is 6.92 Å². The van der Waals surface area contributed by atoms with E-state index in [0.717, 1.165) is 0 Å². The Bertz CT molecular complexity index is 176. The van der Waals surface area contributed by atoms with Crippen LogP contribution in [0.25, 0.3) is 5.84 Å². The van der Waals surface area contributed by atoms with Gasteiger partial charge in [0, 0.05) is 31.1 Å². The first-order valence-electron chi connectivity index (χ1n) is 2.22. The normalized spacial score (nSPS) is 10.9. The molecule has 10 heavy (non-hydrogen) atoms. The van der Waals surface area contributed by atoms with Gasteiger partial charge in [0.15, 0.2) is 0 Å².